The second kappa shape index (κ2) is 6.14. The van der Waals surface area contributed by atoms with Gasteiger partial charge in [0, 0.05) is 12.1 Å². The molecule has 1 unspecified atom stereocenters. The number of aliphatic carboxylic acids is 1. The van der Waals surface area contributed by atoms with Crippen LogP contribution in [0.25, 0.3) is 0 Å². The minimum Gasteiger partial charge on any atom is -0.480 e. The van der Waals surface area contributed by atoms with Crippen LogP contribution in [0.5, 0.6) is 0 Å². The fourth-order valence-corrected chi connectivity index (χ4v) is 3.19. The van der Waals surface area contributed by atoms with E-state index in [0.717, 1.165) is 5.46 Å². The number of carbonyl (C=O) groups is 2. The minimum atomic E-state index is -0.945. The molecular weight excluding hydrogens is 321 g/mol. The number of rotatable bonds is 3. The summed E-state index contributed by atoms with van der Waals surface area (Å²) in [6.07, 6.45) is 1.22. The Hall–Kier alpha value is -1.86. The summed E-state index contributed by atoms with van der Waals surface area (Å²) in [5.74, 6) is -1.19. The van der Waals surface area contributed by atoms with E-state index in [1.165, 1.54) is 4.90 Å². The largest absolute Gasteiger partial charge is 0.494 e. The van der Waals surface area contributed by atoms with Gasteiger partial charge in [0.2, 0.25) is 0 Å². The Morgan fingerprint density at radius 3 is 2.20 bits per heavy atom. The molecule has 2 heterocycles. The highest BCUT2D eigenvalue weighted by Crippen LogP contribution is 2.36. The molecule has 2 aliphatic rings. The maximum atomic E-state index is 12.6. The zero-order valence-electron chi connectivity index (χ0n) is 15.1. The van der Waals surface area contributed by atoms with Gasteiger partial charge in [0.05, 0.1) is 11.2 Å². The lowest BCUT2D eigenvalue weighted by Gasteiger charge is -2.32. The van der Waals surface area contributed by atoms with Crippen molar-refractivity contribution in [3.05, 3.63) is 29.8 Å². The number of nitrogens with zero attached hydrogens (tertiary/aromatic N) is 1. The number of benzene rings is 1. The van der Waals surface area contributed by atoms with E-state index in [9.17, 15) is 14.7 Å². The van der Waals surface area contributed by atoms with Gasteiger partial charge in [0.25, 0.3) is 5.91 Å². The topological polar surface area (TPSA) is 76.1 Å². The molecule has 2 fully saturated rings. The fraction of sp³-hybridized carbons (Fsp3) is 0.556. The monoisotopic (exact) mass is 345 g/mol. The highest BCUT2D eigenvalue weighted by Gasteiger charge is 2.51. The molecule has 3 rings (SSSR count). The first-order chi connectivity index (χ1) is 11.6. The lowest BCUT2D eigenvalue weighted by atomic mass is 9.79. The minimum absolute atomic E-state index is 0.245. The molecule has 1 aromatic rings. The molecule has 134 valence electrons. The third kappa shape index (κ3) is 3.18. The molecule has 1 aromatic carbocycles. The molecule has 6 nitrogen and oxygen atoms in total. The van der Waals surface area contributed by atoms with Crippen LogP contribution in [0.1, 0.15) is 50.9 Å². The quantitative estimate of drug-likeness (QED) is 0.844. The van der Waals surface area contributed by atoms with Crippen LogP contribution in [0.15, 0.2) is 24.3 Å². The van der Waals surface area contributed by atoms with Gasteiger partial charge < -0.3 is 19.3 Å². The number of likely N-dealkylation sites (tertiary alicyclic amines) is 1. The van der Waals surface area contributed by atoms with Crippen LogP contribution in [0, 0.1) is 0 Å². The van der Waals surface area contributed by atoms with Gasteiger partial charge in [-0.1, -0.05) is 12.1 Å². The Kier molecular flexibility index (Phi) is 4.41. The van der Waals surface area contributed by atoms with E-state index in [0.29, 0.717) is 24.9 Å². The summed E-state index contributed by atoms with van der Waals surface area (Å²) >= 11 is 0. The van der Waals surface area contributed by atoms with E-state index < -0.39 is 30.3 Å². The van der Waals surface area contributed by atoms with Crippen molar-refractivity contribution in [1.29, 1.82) is 0 Å². The van der Waals surface area contributed by atoms with E-state index in [-0.39, 0.29) is 5.91 Å². The molecule has 7 heteroatoms. The standard InChI is InChI=1S/C18H24BNO5/c1-17(2)18(3,4)25-19(24-17)13-9-7-12(8-10-13)15(21)20-11-5-6-14(20)16(22)23/h7-10,14H,5-6,11H2,1-4H3,(H,22,23). The van der Waals surface area contributed by atoms with Gasteiger partial charge in [-0.3, -0.25) is 4.79 Å². The predicted octanol–water partition coefficient (Wildman–Crippen LogP) is 1.67. The number of carboxylic acid groups (broad SMARTS) is 1. The highest BCUT2D eigenvalue weighted by atomic mass is 16.7. The van der Waals surface area contributed by atoms with Gasteiger partial charge in [-0.05, 0) is 58.1 Å². The summed E-state index contributed by atoms with van der Waals surface area (Å²) < 4.78 is 12.0. The molecular formula is C18H24BNO5. The zero-order chi connectivity index (χ0) is 18.4. The van der Waals surface area contributed by atoms with Crippen LogP contribution in [-0.2, 0) is 14.1 Å². The lowest BCUT2D eigenvalue weighted by Crippen LogP contribution is -2.41. The second-order valence-corrected chi connectivity index (χ2v) is 7.71. The molecule has 1 amide bonds. The Bertz CT molecular complexity index is 669. The predicted molar refractivity (Wildman–Crippen MR) is 93.9 cm³/mol. The number of amides is 1. The summed E-state index contributed by atoms with van der Waals surface area (Å²) in [7, 11) is -0.479. The van der Waals surface area contributed by atoms with Crippen molar-refractivity contribution < 1.29 is 24.0 Å². The molecule has 0 bridgehead atoms. The van der Waals surface area contributed by atoms with E-state index in [1.807, 2.05) is 27.7 Å². The van der Waals surface area contributed by atoms with Crippen LogP contribution < -0.4 is 5.46 Å². The summed E-state index contributed by atoms with van der Waals surface area (Å²) in [6.45, 7) is 8.44. The van der Waals surface area contributed by atoms with Crippen molar-refractivity contribution in [2.45, 2.75) is 57.8 Å². The van der Waals surface area contributed by atoms with Crippen molar-refractivity contribution in [2.75, 3.05) is 6.54 Å². The average molecular weight is 345 g/mol. The highest BCUT2D eigenvalue weighted by molar-refractivity contribution is 6.62. The molecule has 2 saturated heterocycles. The van der Waals surface area contributed by atoms with E-state index in [4.69, 9.17) is 9.31 Å². The van der Waals surface area contributed by atoms with Crippen molar-refractivity contribution in [1.82, 2.24) is 4.90 Å². The molecule has 25 heavy (non-hydrogen) atoms. The Morgan fingerprint density at radius 2 is 1.68 bits per heavy atom. The molecule has 0 saturated carbocycles. The van der Waals surface area contributed by atoms with Gasteiger partial charge >= 0.3 is 13.1 Å². The van der Waals surface area contributed by atoms with Crippen molar-refractivity contribution in [3.8, 4) is 0 Å². The number of hydrogen-bond donors (Lipinski definition) is 1. The first-order valence-electron chi connectivity index (χ1n) is 8.62. The van der Waals surface area contributed by atoms with Gasteiger partial charge in [-0.15, -0.1) is 0 Å². The molecule has 0 aromatic heterocycles. The number of hydrogen-bond acceptors (Lipinski definition) is 4. The number of carboxylic acids is 1. The van der Waals surface area contributed by atoms with Crippen LogP contribution in [0.2, 0.25) is 0 Å². The maximum absolute atomic E-state index is 12.6. The number of carbonyl (C=O) groups excluding carboxylic acids is 1. The SMILES string of the molecule is CC1(C)OB(c2ccc(C(=O)N3CCCC3C(=O)O)cc2)OC1(C)C. The lowest BCUT2D eigenvalue weighted by molar-refractivity contribution is -0.141. The van der Waals surface area contributed by atoms with E-state index in [2.05, 4.69) is 0 Å². The van der Waals surface area contributed by atoms with Gasteiger partial charge in [-0.2, -0.15) is 0 Å². The van der Waals surface area contributed by atoms with Crippen molar-refractivity contribution in [2.24, 2.45) is 0 Å². The summed E-state index contributed by atoms with van der Waals surface area (Å²) in [4.78, 5) is 25.3. The molecule has 1 atom stereocenters. The average Bonchev–Trinajstić information content (AvgIpc) is 3.10. The molecule has 0 spiro atoms. The maximum Gasteiger partial charge on any atom is 0.494 e. The van der Waals surface area contributed by atoms with Crippen molar-refractivity contribution >= 4 is 24.5 Å². The zero-order valence-corrected chi connectivity index (χ0v) is 15.1. The Balaban J connectivity index is 1.75. The first kappa shape index (κ1) is 18.0. The fourth-order valence-electron chi connectivity index (χ4n) is 3.19. The van der Waals surface area contributed by atoms with Gasteiger partial charge in [0.1, 0.15) is 6.04 Å². The summed E-state index contributed by atoms with van der Waals surface area (Å²) in [5.41, 5.74) is 0.479. The van der Waals surface area contributed by atoms with E-state index >= 15 is 0 Å². The molecule has 1 N–H and O–H groups in total. The first-order valence-corrected chi connectivity index (χ1v) is 8.62. The van der Waals surface area contributed by atoms with Crippen LogP contribution in [0.3, 0.4) is 0 Å². The summed E-state index contributed by atoms with van der Waals surface area (Å²) in [6, 6.07) is 6.30. The van der Waals surface area contributed by atoms with Crippen molar-refractivity contribution in [3.63, 3.8) is 0 Å². The smallest absolute Gasteiger partial charge is 0.480 e. The van der Waals surface area contributed by atoms with Crippen LogP contribution in [-0.4, -0.2) is 52.8 Å². The Labute approximate surface area is 148 Å². The molecule has 0 aliphatic carbocycles. The third-order valence-electron chi connectivity index (χ3n) is 5.48. The van der Waals surface area contributed by atoms with Crippen LogP contribution in [0.4, 0.5) is 0 Å². The Morgan fingerprint density at radius 1 is 1.12 bits per heavy atom. The third-order valence-corrected chi connectivity index (χ3v) is 5.48. The van der Waals surface area contributed by atoms with E-state index in [1.54, 1.807) is 24.3 Å². The normalized spacial score (nSPS) is 24.6. The van der Waals surface area contributed by atoms with Gasteiger partial charge in [-0.25, -0.2) is 4.79 Å². The second-order valence-electron chi connectivity index (χ2n) is 7.71. The van der Waals surface area contributed by atoms with Crippen LogP contribution >= 0.6 is 0 Å². The van der Waals surface area contributed by atoms with Gasteiger partial charge in [0.15, 0.2) is 0 Å². The molecule has 0 radical (unpaired) electrons. The summed E-state index contributed by atoms with van der Waals surface area (Å²) in [5, 5.41) is 9.24. The molecule has 2 aliphatic heterocycles.